The van der Waals surface area contributed by atoms with E-state index < -0.39 is 34.6 Å². The second kappa shape index (κ2) is 12.2. The zero-order valence-corrected chi connectivity index (χ0v) is 24.4. The van der Waals surface area contributed by atoms with Gasteiger partial charge >= 0.3 is 15.2 Å². The molecule has 206 valence electrons. The molecule has 11 nitrogen and oxygen atoms in total. The van der Waals surface area contributed by atoms with Crippen LogP contribution in [0, 0.1) is 0 Å². The van der Waals surface area contributed by atoms with Crippen molar-refractivity contribution in [3.05, 3.63) is 59.7 Å². The number of hydrazone groups is 1. The Labute approximate surface area is 219 Å². The highest BCUT2D eigenvalue weighted by Crippen LogP contribution is 2.61. The summed E-state index contributed by atoms with van der Waals surface area (Å²) < 4.78 is 31.2. The molecule has 37 heavy (non-hydrogen) atoms. The Balaban J connectivity index is 1.62. The van der Waals surface area contributed by atoms with Crippen LogP contribution in [0.5, 0.6) is 11.5 Å². The van der Waals surface area contributed by atoms with Gasteiger partial charge in [0, 0.05) is 6.54 Å². The molecule has 0 bridgehead atoms. The molecule has 0 amide bonds. The molecule has 1 aliphatic rings. The fraction of sp³-hybridized carbons (Fsp3) is 0.409. The number of aromatic hydroxyl groups is 1. The monoisotopic (exact) mass is 593 g/mol. The molecule has 0 spiro atoms. The van der Waals surface area contributed by atoms with Crippen molar-refractivity contribution in [2.24, 2.45) is 5.10 Å². The first kappa shape index (κ1) is 30.1. The third kappa shape index (κ3) is 9.36. The van der Waals surface area contributed by atoms with Crippen LogP contribution in [-0.4, -0.2) is 70.7 Å². The van der Waals surface area contributed by atoms with Crippen LogP contribution < -0.4 is 4.74 Å². The van der Waals surface area contributed by atoms with E-state index in [-0.39, 0.29) is 27.9 Å². The second-order valence-corrected chi connectivity index (χ2v) is 18.9. The van der Waals surface area contributed by atoms with Crippen LogP contribution >= 0.6 is 22.0 Å². The van der Waals surface area contributed by atoms with Crippen molar-refractivity contribution < 1.29 is 38.5 Å². The van der Waals surface area contributed by atoms with Crippen LogP contribution in [0.15, 0.2) is 53.6 Å². The molecule has 0 saturated heterocycles. The smallest absolute Gasteiger partial charge is 0.339 e. The number of nitrogens with zero attached hydrogens (tertiary/aromatic N) is 3. The van der Waals surface area contributed by atoms with Gasteiger partial charge in [0.1, 0.15) is 29.4 Å². The van der Waals surface area contributed by atoms with Crippen molar-refractivity contribution in [1.82, 2.24) is 9.08 Å². The van der Waals surface area contributed by atoms with Gasteiger partial charge in [-0.2, -0.15) is 5.10 Å². The Hall–Kier alpha value is -1.45. The molecule has 2 aromatic carbocycles. The highest BCUT2D eigenvalue weighted by molar-refractivity contribution is 8.38. The predicted molar refractivity (Wildman–Crippen MR) is 149 cm³/mol. The van der Waals surface area contributed by atoms with E-state index in [1.165, 1.54) is 0 Å². The SMILES string of the molecule is CCC(C)(Oc1ccc(CCN(CP(=O)(O)O)CP(=O)(O)O)cc1)[PH]1=S(C)N1N=Cc1ccc(O)cc1. The highest BCUT2D eigenvalue weighted by Gasteiger charge is 2.43. The van der Waals surface area contributed by atoms with E-state index in [1.807, 2.05) is 24.3 Å². The first-order valence-corrected chi connectivity index (χ1v) is 18.8. The lowest BCUT2D eigenvalue weighted by molar-refractivity contribution is 0.175. The van der Waals surface area contributed by atoms with Crippen LogP contribution in [-0.2, 0) is 25.8 Å². The van der Waals surface area contributed by atoms with Gasteiger partial charge in [-0.25, -0.2) is 4.18 Å². The summed E-state index contributed by atoms with van der Waals surface area (Å²) in [6.45, 7) is 3.17. The van der Waals surface area contributed by atoms with Crippen molar-refractivity contribution in [2.75, 3.05) is 25.4 Å². The summed E-state index contributed by atoms with van der Waals surface area (Å²) in [5.41, 5.74) is 1.75. The number of phenols is 1. The van der Waals surface area contributed by atoms with Crippen molar-refractivity contribution in [3.8, 4) is 11.5 Å². The quantitative estimate of drug-likeness (QED) is 0.171. The van der Waals surface area contributed by atoms with Gasteiger partial charge in [-0.15, -0.1) is 0 Å². The maximum atomic E-state index is 11.3. The van der Waals surface area contributed by atoms with Crippen molar-refractivity contribution in [3.63, 3.8) is 0 Å². The Morgan fingerprint density at radius 3 is 2.14 bits per heavy atom. The van der Waals surface area contributed by atoms with Crippen molar-refractivity contribution in [1.29, 1.82) is 0 Å². The summed E-state index contributed by atoms with van der Waals surface area (Å²) in [6, 6.07) is 14.2. The molecule has 0 radical (unpaired) electrons. The van der Waals surface area contributed by atoms with Gasteiger partial charge in [0.15, 0.2) is 0 Å². The molecule has 0 aliphatic carbocycles. The van der Waals surface area contributed by atoms with Gasteiger partial charge < -0.3 is 29.4 Å². The van der Waals surface area contributed by atoms with Crippen LogP contribution in [0.3, 0.4) is 0 Å². The zero-order valence-electron chi connectivity index (χ0n) is 20.8. The summed E-state index contributed by atoms with van der Waals surface area (Å²) in [6.07, 6.45) is 3.66. The molecule has 3 atom stereocenters. The van der Waals surface area contributed by atoms with E-state index in [0.29, 0.717) is 12.2 Å². The number of phenolic OH excluding ortho intramolecular Hbond substituents is 1. The molecule has 1 aliphatic heterocycles. The van der Waals surface area contributed by atoms with Gasteiger partial charge in [-0.05, 0) is 73.5 Å². The molecule has 0 saturated carbocycles. The minimum absolute atomic E-state index is 0.00763. The van der Waals surface area contributed by atoms with E-state index >= 15 is 0 Å². The van der Waals surface area contributed by atoms with Gasteiger partial charge in [-0.1, -0.05) is 29.3 Å². The van der Waals surface area contributed by atoms with E-state index in [1.54, 1.807) is 30.5 Å². The predicted octanol–water partition coefficient (Wildman–Crippen LogP) is 3.57. The van der Waals surface area contributed by atoms with E-state index in [0.717, 1.165) is 22.4 Å². The van der Waals surface area contributed by atoms with Gasteiger partial charge in [0.25, 0.3) is 0 Å². The zero-order chi connectivity index (χ0) is 27.4. The first-order chi connectivity index (χ1) is 17.2. The minimum atomic E-state index is -4.46. The highest BCUT2D eigenvalue weighted by atomic mass is 32.6. The van der Waals surface area contributed by atoms with Gasteiger partial charge in [-0.3, -0.25) is 14.0 Å². The third-order valence-electron chi connectivity index (χ3n) is 5.76. The number of benzene rings is 2. The standard InChI is InChI=1S/C22H34N3O8P3S/c1-4-22(2,34-25(37(34)3)23-15-19-5-9-20(26)10-6-19)33-21-11-7-18(8-12-21)13-14-24(16-35(27,28)29)17-36(30,31)32/h5-12,15,26,34H,4,13-14,16-17H2,1-3H3,(H2,27,28,29)(H2,30,31,32). The fourth-order valence-electron chi connectivity index (χ4n) is 3.75. The largest absolute Gasteiger partial charge is 0.508 e. The van der Waals surface area contributed by atoms with Gasteiger partial charge in [0.05, 0.1) is 13.1 Å². The number of rotatable bonds is 13. The maximum absolute atomic E-state index is 11.3. The second-order valence-electron chi connectivity index (χ2n) is 8.98. The number of ether oxygens (including phenoxy) is 1. The normalized spacial score (nSPS) is 19.8. The Kier molecular flexibility index (Phi) is 9.89. The van der Waals surface area contributed by atoms with Crippen LogP contribution in [0.1, 0.15) is 31.4 Å². The Bertz CT molecular complexity index is 1220. The Morgan fingerprint density at radius 1 is 1.05 bits per heavy atom. The minimum Gasteiger partial charge on any atom is -0.508 e. The van der Waals surface area contributed by atoms with Crippen LogP contribution in [0.2, 0.25) is 0 Å². The van der Waals surface area contributed by atoms with Crippen molar-refractivity contribution in [2.45, 2.75) is 32.0 Å². The average molecular weight is 594 g/mol. The number of hydrogen-bond donors (Lipinski definition) is 5. The molecular weight excluding hydrogens is 559 g/mol. The lowest BCUT2D eigenvalue weighted by atomic mass is 10.1. The molecular formula is C22H34N3O8P3S. The van der Waals surface area contributed by atoms with Gasteiger partial charge in [0.2, 0.25) is 0 Å². The first-order valence-electron chi connectivity index (χ1n) is 11.5. The topological polar surface area (TPSA) is 163 Å². The Morgan fingerprint density at radius 2 is 1.62 bits per heavy atom. The van der Waals surface area contributed by atoms with E-state index in [9.17, 15) is 33.8 Å². The summed E-state index contributed by atoms with van der Waals surface area (Å²) in [5, 5.41) is 13.7. The lowest BCUT2D eigenvalue weighted by Gasteiger charge is -2.28. The molecule has 15 heteroatoms. The average Bonchev–Trinajstić information content (AvgIpc) is 3.46. The summed E-state index contributed by atoms with van der Waals surface area (Å²) in [4.78, 5) is 38.0. The molecule has 3 unspecified atom stereocenters. The molecule has 0 fully saturated rings. The number of hydrogen-bond acceptors (Lipinski definition) is 7. The van der Waals surface area contributed by atoms with Crippen LogP contribution in [0.25, 0.3) is 0 Å². The van der Waals surface area contributed by atoms with Crippen LogP contribution in [0.4, 0.5) is 0 Å². The summed E-state index contributed by atoms with van der Waals surface area (Å²) >= 11 is 0. The lowest BCUT2D eigenvalue weighted by Crippen LogP contribution is -2.28. The maximum Gasteiger partial charge on any atom is 0.339 e. The molecule has 5 N–H and O–H groups in total. The molecule has 2 aromatic rings. The van der Waals surface area contributed by atoms with E-state index in [4.69, 9.17) is 4.74 Å². The fourth-order valence-corrected chi connectivity index (χ4v) is 13.2. The van der Waals surface area contributed by atoms with E-state index in [2.05, 4.69) is 29.4 Å². The molecule has 0 aromatic heterocycles. The molecule has 3 rings (SSSR count). The summed E-state index contributed by atoms with van der Waals surface area (Å²) in [7, 11) is -8.93. The summed E-state index contributed by atoms with van der Waals surface area (Å²) in [5.74, 6) is 0.903. The van der Waals surface area contributed by atoms with Crippen molar-refractivity contribution >= 4 is 38.5 Å². The third-order valence-corrected chi connectivity index (χ3v) is 14.8. The molecule has 1 heterocycles.